The van der Waals surface area contributed by atoms with Crippen LogP contribution in [0.3, 0.4) is 0 Å². The molecule has 0 unspecified atom stereocenters. The lowest BCUT2D eigenvalue weighted by Gasteiger charge is -2.31. The van der Waals surface area contributed by atoms with Crippen LogP contribution in [-0.4, -0.2) is 35.3 Å². The molecule has 1 aromatic carbocycles. The van der Waals surface area contributed by atoms with Crippen LogP contribution >= 0.6 is 0 Å². The van der Waals surface area contributed by atoms with E-state index in [4.69, 9.17) is 0 Å². The monoisotopic (exact) mass is 312 g/mol. The van der Waals surface area contributed by atoms with Crippen LogP contribution in [0.2, 0.25) is 0 Å². The van der Waals surface area contributed by atoms with Crippen LogP contribution in [0.25, 0.3) is 0 Å². The van der Waals surface area contributed by atoms with E-state index in [2.05, 4.69) is 16.0 Å². The first kappa shape index (κ1) is 15.8. The molecule has 1 aliphatic heterocycles. The van der Waals surface area contributed by atoms with Crippen LogP contribution in [0.5, 0.6) is 0 Å². The van der Waals surface area contributed by atoms with Crippen molar-refractivity contribution in [2.24, 2.45) is 5.92 Å². The van der Waals surface area contributed by atoms with Gasteiger partial charge in [0.2, 0.25) is 0 Å². The summed E-state index contributed by atoms with van der Waals surface area (Å²) in [6, 6.07) is 9.95. The third kappa shape index (κ3) is 4.23. The largest absolute Gasteiger partial charge is 0.303 e. The Kier molecular flexibility index (Phi) is 5.13. The second-order valence-electron chi connectivity index (χ2n) is 6.10. The van der Waals surface area contributed by atoms with Gasteiger partial charge in [-0.2, -0.15) is 0 Å². The average molecular weight is 312 g/mol. The number of nitrogens with zero attached hydrogens (tertiary/aromatic N) is 2. The molecule has 0 bridgehead atoms. The first-order valence-electron chi connectivity index (χ1n) is 8.13. The summed E-state index contributed by atoms with van der Waals surface area (Å²) in [7, 11) is 0. The highest BCUT2D eigenvalue weighted by Crippen LogP contribution is 2.22. The normalized spacial score (nSPS) is 16.4. The van der Waals surface area contributed by atoms with Gasteiger partial charge in [-0.25, -0.2) is 4.39 Å². The van der Waals surface area contributed by atoms with Crippen LogP contribution < -0.4 is 0 Å². The van der Waals surface area contributed by atoms with Gasteiger partial charge in [0.1, 0.15) is 5.82 Å². The van der Waals surface area contributed by atoms with Crippen LogP contribution in [-0.2, 0) is 6.42 Å². The van der Waals surface area contributed by atoms with E-state index >= 15 is 0 Å². The molecule has 1 aliphatic rings. The van der Waals surface area contributed by atoms with Crippen LogP contribution in [0.1, 0.15) is 28.8 Å². The zero-order valence-electron chi connectivity index (χ0n) is 13.1. The number of hydrogen-bond donors (Lipinski definition) is 0. The number of piperidine rings is 1. The van der Waals surface area contributed by atoms with Gasteiger partial charge < -0.3 is 4.90 Å². The lowest BCUT2D eigenvalue weighted by molar-refractivity contribution is 0.0841. The van der Waals surface area contributed by atoms with E-state index in [1.807, 2.05) is 12.3 Å². The Morgan fingerprint density at radius 1 is 1.17 bits per heavy atom. The molecule has 3 nitrogen and oxygen atoms in total. The highest BCUT2D eigenvalue weighted by molar-refractivity contribution is 5.97. The zero-order valence-corrected chi connectivity index (χ0v) is 13.1. The van der Waals surface area contributed by atoms with E-state index in [1.54, 1.807) is 18.3 Å². The quantitative estimate of drug-likeness (QED) is 0.794. The smallest absolute Gasteiger partial charge is 0.166 e. The molecule has 0 atom stereocenters. The molecule has 2 heterocycles. The molecule has 1 saturated heterocycles. The Hall–Kier alpha value is -2.07. The molecule has 0 spiro atoms. The van der Waals surface area contributed by atoms with E-state index < -0.39 is 0 Å². The lowest BCUT2D eigenvalue weighted by Crippen LogP contribution is -2.37. The molecule has 1 fully saturated rings. The van der Waals surface area contributed by atoms with Gasteiger partial charge in [0.15, 0.2) is 5.78 Å². The first-order chi connectivity index (χ1) is 11.2. The Bertz CT molecular complexity index is 634. The van der Waals surface area contributed by atoms with Crippen molar-refractivity contribution in [2.45, 2.75) is 19.3 Å². The summed E-state index contributed by atoms with van der Waals surface area (Å²) in [4.78, 5) is 19.0. The summed E-state index contributed by atoms with van der Waals surface area (Å²) in [5.41, 5.74) is 1.87. The predicted molar refractivity (Wildman–Crippen MR) is 87.8 cm³/mol. The molecule has 0 aliphatic carbocycles. The minimum atomic E-state index is -0.299. The van der Waals surface area contributed by atoms with Crippen LogP contribution in [0.15, 0.2) is 48.8 Å². The summed E-state index contributed by atoms with van der Waals surface area (Å²) >= 11 is 0. The minimum Gasteiger partial charge on any atom is -0.303 e. The van der Waals surface area contributed by atoms with Crippen molar-refractivity contribution in [3.05, 3.63) is 65.7 Å². The van der Waals surface area contributed by atoms with Gasteiger partial charge in [-0.15, -0.1) is 0 Å². The number of rotatable bonds is 5. The van der Waals surface area contributed by atoms with Gasteiger partial charge in [-0.05, 0) is 68.2 Å². The molecule has 0 radical (unpaired) electrons. The van der Waals surface area contributed by atoms with E-state index in [9.17, 15) is 9.18 Å². The van der Waals surface area contributed by atoms with E-state index in [0.717, 1.165) is 38.9 Å². The number of benzene rings is 1. The Labute approximate surface area is 136 Å². The van der Waals surface area contributed by atoms with Crippen LogP contribution in [0.4, 0.5) is 4.39 Å². The summed E-state index contributed by atoms with van der Waals surface area (Å²) in [6.07, 6.45) is 6.44. The van der Waals surface area contributed by atoms with Crippen molar-refractivity contribution in [3.63, 3.8) is 0 Å². The molecule has 1 aromatic heterocycles. The maximum absolute atomic E-state index is 12.9. The first-order valence-corrected chi connectivity index (χ1v) is 8.13. The number of ketones is 1. The molecule has 4 heteroatoms. The topological polar surface area (TPSA) is 33.2 Å². The number of aromatic nitrogens is 1. The molecule has 120 valence electrons. The second-order valence-corrected chi connectivity index (χ2v) is 6.10. The summed E-state index contributed by atoms with van der Waals surface area (Å²) in [6.45, 7) is 2.89. The summed E-state index contributed by atoms with van der Waals surface area (Å²) < 4.78 is 12.9. The number of carbonyl (C=O) groups is 1. The summed E-state index contributed by atoms with van der Waals surface area (Å²) in [5, 5.41) is 0. The molecule has 3 rings (SSSR count). The van der Waals surface area contributed by atoms with Crippen molar-refractivity contribution in [1.29, 1.82) is 0 Å². The van der Waals surface area contributed by atoms with Crippen molar-refractivity contribution >= 4 is 5.78 Å². The van der Waals surface area contributed by atoms with Gasteiger partial charge in [0.05, 0.1) is 0 Å². The molecule has 0 N–H and O–H groups in total. The van der Waals surface area contributed by atoms with Gasteiger partial charge in [-0.1, -0.05) is 6.07 Å². The third-order valence-electron chi connectivity index (χ3n) is 4.53. The number of pyridine rings is 1. The lowest BCUT2D eigenvalue weighted by atomic mass is 9.89. The average Bonchev–Trinajstić information content (AvgIpc) is 2.61. The van der Waals surface area contributed by atoms with Crippen molar-refractivity contribution in [3.8, 4) is 0 Å². The number of carbonyl (C=O) groups excluding carboxylic acids is 1. The van der Waals surface area contributed by atoms with Crippen molar-refractivity contribution in [1.82, 2.24) is 9.88 Å². The van der Waals surface area contributed by atoms with E-state index in [-0.39, 0.29) is 17.5 Å². The van der Waals surface area contributed by atoms with E-state index in [1.165, 1.54) is 17.7 Å². The molecule has 23 heavy (non-hydrogen) atoms. The van der Waals surface area contributed by atoms with Gasteiger partial charge >= 0.3 is 0 Å². The maximum Gasteiger partial charge on any atom is 0.166 e. The summed E-state index contributed by atoms with van der Waals surface area (Å²) in [5.74, 6) is -0.0845. The molecule has 0 saturated carbocycles. The van der Waals surface area contributed by atoms with Crippen molar-refractivity contribution in [2.75, 3.05) is 19.6 Å². The number of hydrogen-bond acceptors (Lipinski definition) is 3. The predicted octanol–water partition coefficient (Wildman–Crippen LogP) is 3.36. The number of halogens is 1. The molecule has 0 amide bonds. The highest BCUT2D eigenvalue weighted by Gasteiger charge is 2.25. The third-order valence-corrected chi connectivity index (χ3v) is 4.53. The highest BCUT2D eigenvalue weighted by atomic mass is 19.1. The standard InChI is InChI=1S/C19H21FN2O/c20-18-5-3-16(4-6-18)19(23)17-8-12-22(13-9-17)11-7-15-2-1-10-21-14-15/h1-6,10,14,17H,7-9,11-13H2. The molecule has 2 aromatic rings. The molecular formula is C19H21FN2O. The van der Waals surface area contributed by atoms with Crippen LogP contribution in [0, 0.1) is 11.7 Å². The maximum atomic E-state index is 12.9. The fraction of sp³-hybridized carbons (Fsp3) is 0.368. The Balaban J connectivity index is 1.48. The molecular weight excluding hydrogens is 291 g/mol. The number of Topliss-reactive ketones (excluding diaryl/α,β-unsaturated/α-hetero) is 1. The second kappa shape index (κ2) is 7.47. The SMILES string of the molecule is O=C(c1ccc(F)cc1)C1CCN(CCc2cccnc2)CC1. The number of likely N-dealkylation sites (tertiary alicyclic amines) is 1. The zero-order chi connectivity index (χ0) is 16.1. The Morgan fingerprint density at radius 2 is 1.91 bits per heavy atom. The van der Waals surface area contributed by atoms with Gasteiger partial charge in [-0.3, -0.25) is 9.78 Å². The minimum absolute atomic E-state index is 0.0649. The Morgan fingerprint density at radius 3 is 2.57 bits per heavy atom. The van der Waals surface area contributed by atoms with E-state index in [0.29, 0.717) is 5.56 Å². The fourth-order valence-corrected chi connectivity index (χ4v) is 3.10. The van der Waals surface area contributed by atoms with Crippen molar-refractivity contribution < 1.29 is 9.18 Å². The fourth-order valence-electron chi connectivity index (χ4n) is 3.10. The van der Waals surface area contributed by atoms with Gasteiger partial charge in [0.25, 0.3) is 0 Å². The van der Waals surface area contributed by atoms with Gasteiger partial charge in [0, 0.05) is 30.4 Å².